The molecule has 0 radical (unpaired) electrons. The summed E-state index contributed by atoms with van der Waals surface area (Å²) in [5.41, 5.74) is 4.09. The van der Waals surface area contributed by atoms with Gasteiger partial charge in [0.2, 0.25) is 0 Å². The molecule has 8 nitrogen and oxygen atoms in total. The van der Waals surface area contributed by atoms with Gasteiger partial charge in [0.05, 0.1) is 23.3 Å². The summed E-state index contributed by atoms with van der Waals surface area (Å²) >= 11 is 0. The Labute approximate surface area is 161 Å². The van der Waals surface area contributed by atoms with Crippen molar-refractivity contribution in [3.8, 4) is 0 Å². The van der Waals surface area contributed by atoms with Gasteiger partial charge < -0.3 is 14.8 Å². The second-order valence-electron chi connectivity index (χ2n) is 7.76. The standard InChI is InChI=1S/C20H22N6O2/c1-24(2)18-14-10-25(8-7-15(14)21-11-22-18)19(27)12-3-6-17-16(9-12)23-20(28)26(17)13-4-5-13/h3,6,9,11,13H,4-5,7-8,10H2,1-2H3,(H,23,28). The number of nitrogens with zero attached hydrogens (tertiary/aromatic N) is 5. The van der Waals surface area contributed by atoms with Gasteiger partial charge in [-0.2, -0.15) is 0 Å². The van der Waals surface area contributed by atoms with Crippen LogP contribution in [0.4, 0.5) is 5.82 Å². The average molecular weight is 378 g/mol. The first-order valence-corrected chi connectivity index (χ1v) is 9.56. The van der Waals surface area contributed by atoms with Crippen molar-refractivity contribution in [2.45, 2.75) is 31.8 Å². The number of aromatic amines is 1. The van der Waals surface area contributed by atoms with Crippen molar-refractivity contribution in [3.05, 3.63) is 51.8 Å². The maximum absolute atomic E-state index is 13.1. The van der Waals surface area contributed by atoms with Gasteiger partial charge in [0, 0.05) is 44.2 Å². The molecule has 0 spiro atoms. The molecule has 0 saturated heterocycles. The van der Waals surface area contributed by atoms with Crippen LogP contribution in [0.15, 0.2) is 29.3 Å². The zero-order chi connectivity index (χ0) is 19.4. The highest BCUT2D eigenvalue weighted by molar-refractivity contribution is 5.97. The van der Waals surface area contributed by atoms with Gasteiger partial charge in [0.25, 0.3) is 5.91 Å². The van der Waals surface area contributed by atoms with Crippen LogP contribution in [0, 0.1) is 0 Å². The summed E-state index contributed by atoms with van der Waals surface area (Å²) in [5.74, 6) is 0.810. The van der Waals surface area contributed by atoms with Gasteiger partial charge >= 0.3 is 5.69 Å². The van der Waals surface area contributed by atoms with Crippen LogP contribution in [0.5, 0.6) is 0 Å². The highest BCUT2D eigenvalue weighted by Gasteiger charge is 2.29. The van der Waals surface area contributed by atoms with Gasteiger partial charge in [-0.1, -0.05) is 0 Å². The van der Waals surface area contributed by atoms with Crippen molar-refractivity contribution < 1.29 is 4.79 Å². The fourth-order valence-corrected chi connectivity index (χ4v) is 4.03. The number of carbonyl (C=O) groups is 1. The Balaban J connectivity index is 1.46. The van der Waals surface area contributed by atoms with Crippen molar-refractivity contribution >= 4 is 22.8 Å². The van der Waals surface area contributed by atoms with Gasteiger partial charge in [-0.05, 0) is 31.0 Å². The lowest BCUT2D eigenvalue weighted by Crippen LogP contribution is -2.37. The molecule has 3 heterocycles. The van der Waals surface area contributed by atoms with E-state index in [9.17, 15) is 9.59 Å². The Kier molecular flexibility index (Phi) is 3.75. The van der Waals surface area contributed by atoms with Crippen LogP contribution in [-0.4, -0.2) is 51.0 Å². The molecule has 1 N–H and O–H groups in total. The fourth-order valence-electron chi connectivity index (χ4n) is 4.03. The molecule has 1 saturated carbocycles. The number of anilines is 1. The third kappa shape index (κ3) is 2.67. The third-order valence-electron chi connectivity index (χ3n) is 5.57. The SMILES string of the molecule is CN(C)c1ncnc2c1CN(C(=O)c1ccc3c(c1)[nH]c(=O)n3C1CC1)CC2. The molecule has 0 unspecified atom stereocenters. The molecule has 1 aromatic carbocycles. The molecular formula is C20H22N6O2. The molecule has 1 aliphatic heterocycles. The van der Waals surface area contributed by atoms with Crippen molar-refractivity contribution in [2.24, 2.45) is 0 Å². The van der Waals surface area contributed by atoms with Crippen LogP contribution in [0.3, 0.4) is 0 Å². The van der Waals surface area contributed by atoms with E-state index in [2.05, 4.69) is 15.0 Å². The number of hydrogen-bond acceptors (Lipinski definition) is 5. The number of aromatic nitrogens is 4. The van der Waals surface area contributed by atoms with E-state index in [0.29, 0.717) is 31.1 Å². The molecule has 0 bridgehead atoms. The number of nitrogens with one attached hydrogen (secondary N) is 1. The van der Waals surface area contributed by atoms with Crippen LogP contribution in [0.2, 0.25) is 0 Å². The van der Waals surface area contributed by atoms with E-state index in [1.807, 2.05) is 36.0 Å². The topological polar surface area (TPSA) is 87.1 Å². The Morgan fingerprint density at radius 1 is 1.25 bits per heavy atom. The van der Waals surface area contributed by atoms with E-state index in [1.165, 1.54) is 0 Å². The number of fused-ring (bicyclic) bond motifs is 2. The second kappa shape index (κ2) is 6.19. The normalized spacial score (nSPS) is 16.3. The van der Waals surface area contributed by atoms with Gasteiger partial charge in [-0.25, -0.2) is 14.8 Å². The number of carbonyl (C=O) groups excluding carboxylic acids is 1. The van der Waals surface area contributed by atoms with Crippen LogP contribution >= 0.6 is 0 Å². The summed E-state index contributed by atoms with van der Waals surface area (Å²) in [4.78, 5) is 40.8. The van der Waals surface area contributed by atoms with E-state index >= 15 is 0 Å². The van der Waals surface area contributed by atoms with E-state index in [1.54, 1.807) is 17.0 Å². The Hall–Kier alpha value is -3.16. The van der Waals surface area contributed by atoms with Crippen molar-refractivity contribution in [1.82, 2.24) is 24.4 Å². The zero-order valence-corrected chi connectivity index (χ0v) is 16.0. The van der Waals surface area contributed by atoms with E-state index in [-0.39, 0.29) is 11.6 Å². The number of rotatable bonds is 3. The molecule has 2 aliphatic rings. The number of amides is 1. The van der Waals surface area contributed by atoms with Gasteiger partial charge in [-0.15, -0.1) is 0 Å². The molecule has 2 aromatic heterocycles. The predicted octanol–water partition coefficient (Wildman–Crippen LogP) is 1.72. The summed E-state index contributed by atoms with van der Waals surface area (Å²) in [5, 5.41) is 0. The monoisotopic (exact) mass is 378 g/mol. The molecule has 28 heavy (non-hydrogen) atoms. The summed E-state index contributed by atoms with van der Waals surface area (Å²) in [7, 11) is 3.89. The lowest BCUT2D eigenvalue weighted by molar-refractivity contribution is 0.0733. The smallest absolute Gasteiger partial charge is 0.326 e. The average Bonchev–Trinajstić information content (AvgIpc) is 3.47. The second-order valence-corrected chi connectivity index (χ2v) is 7.76. The molecular weight excluding hydrogens is 356 g/mol. The minimum atomic E-state index is -0.0956. The molecule has 3 aromatic rings. The highest BCUT2D eigenvalue weighted by atomic mass is 16.2. The quantitative estimate of drug-likeness (QED) is 0.750. The number of H-pyrrole nitrogens is 1. The van der Waals surface area contributed by atoms with Gasteiger partial charge in [0.1, 0.15) is 12.1 Å². The zero-order valence-electron chi connectivity index (χ0n) is 16.0. The maximum Gasteiger partial charge on any atom is 0.326 e. The first-order chi connectivity index (χ1) is 13.5. The Morgan fingerprint density at radius 3 is 2.82 bits per heavy atom. The summed E-state index contributed by atoms with van der Waals surface area (Å²) in [6, 6.07) is 5.79. The fraction of sp³-hybridized carbons (Fsp3) is 0.400. The first kappa shape index (κ1) is 17.0. The molecule has 5 rings (SSSR count). The third-order valence-corrected chi connectivity index (χ3v) is 5.57. The Morgan fingerprint density at radius 2 is 2.07 bits per heavy atom. The Bertz CT molecular complexity index is 1140. The maximum atomic E-state index is 13.1. The van der Waals surface area contributed by atoms with Crippen LogP contribution in [-0.2, 0) is 13.0 Å². The number of imidazole rings is 1. The first-order valence-electron chi connectivity index (χ1n) is 9.56. The van der Waals surface area contributed by atoms with Crippen molar-refractivity contribution in [1.29, 1.82) is 0 Å². The van der Waals surface area contributed by atoms with E-state index < -0.39 is 0 Å². The molecule has 1 fully saturated rings. The van der Waals surface area contributed by atoms with E-state index in [0.717, 1.165) is 41.0 Å². The lowest BCUT2D eigenvalue weighted by atomic mass is 10.0. The van der Waals surface area contributed by atoms with E-state index in [4.69, 9.17) is 0 Å². The van der Waals surface area contributed by atoms with Gasteiger partial charge in [-0.3, -0.25) is 9.36 Å². The van der Waals surface area contributed by atoms with Gasteiger partial charge in [0.15, 0.2) is 0 Å². The number of hydrogen-bond donors (Lipinski definition) is 1. The summed E-state index contributed by atoms with van der Waals surface area (Å²) in [6.07, 6.45) is 4.37. The summed E-state index contributed by atoms with van der Waals surface area (Å²) in [6.45, 7) is 1.10. The number of benzene rings is 1. The van der Waals surface area contributed by atoms with Crippen molar-refractivity contribution in [2.75, 3.05) is 25.5 Å². The highest BCUT2D eigenvalue weighted by Crippen LogP contribution is 2.36. The van der Waals surface area contributed by atoms with Crippen LogP contribution in [0.25, 0.3) is 11.0 Å². The lowest BCUT2D eigenvalue weighted by Gasteiger charge is -2.30. The minimum absolute atomic E-state index is 0.0406. The largest absolute Gasteiger partial charge is 0.362 e. The minimum Gasteiger partial charge on any atom is -0.362 e. The molecule has 1 amide bonds. The van der Waals surface area contributed by atoms with Crippen molar-refractivity contribution in [3.63, 3.8) is 0 Å². The molecule has 144 valence electrons. The van der Waals surface area contributed by atoms with Crippen LogP contribution in [0.1, 0.15) is 40.5 Å². The molecule has 8 heteroatoms. The molecule has 0 atom stereocenters. The predicted molar refractivity (Wildman–Crippen MR) is 106 cm³/mol. The molecule has 1 aliphatic carbocycles. The van der Waals surface area contributed by atoms with Crippen LogP contribution < -0.4 is 10.6 Å². The summed E-state index contributed by atoms with van der Waals surface area (Å²) < 4.78 is 1.81.